The molecule has 2 nitrogen and oxygen atoms in total. The van der Waals surface area contributed by atoms with Gasteiger partial charge in [0, 0.05) is 5.56 Å². The van der Waals surface area contributed by atoms with E-state index in [2.05, 4.69) is 20.4 Å². The Morgan fingerprint density at radius 1 is 1.35 bits per heavy atom. The highest BCUT2D eigenvalue weighted by Crippen LogP contribution is 2.25. The van der Waals surface area contributed by atoms with Gasteiger partial charge in [-0.25, -0.2) is 0 Å². The normalized spacial score (nSPS) is 10.4. The van der Waals surface area contributed by atoms with Crippen molar-refractivity contribution in [3.63, 3.8) is 0 Å². The molecule has 0 heterocycles. The number of hydrogen-bond acceptors (Lipinski definition) is 2. The highest BCUT2D eigenvalue weighted by molar-refractivity contribution is 5.41. The lowest BCUT2D eigenvalue weighted by Crippen LogP contribution is -2.02. The molecule has 1 aromatic rings. The number of methoxy groups -OCH3 is 1. The Bertz CT molecular complexity index is 356. The molecule has 0 spiro atoms. The van der Waals surface area contributed by atoms with E-state index in [1.807, 2.05) is 24.3 Å². The van der Waals surface area contributed by atoms with Crippen LogP contribution in [0.4, 0.5) is 0 Å². The molecule has 94 valence electrons. The minimum absolute atomic E-state index is 0.667. The van der Waals surface area contributed by atoms with Crippen LogP contribution in [0.3, 0.4) is 0 Å². The zero-order valence-corrected chi connectivity index (χ0v) is 11.0. The van der Waals surface area contributed by atoms with Crippen molar-refractivity contribution in [2.75, 3.05) is 13.7 Å². The van der Waals surface area contributed by atoms with Crippen molar-refractivity contribution in [2.45, 2.75) is 26.7 Å². The number of ether oxygens (including phenoxy) is 2. The summed E-state index contributed by atoms with van der Waals surface area (Å²) in [6, 6.07) is 5.93. The van der Waals surface area contributed by atoms with Gasteiger partial charge in [-0.2, -0.15) is 0 Å². The minimum Gasteiger partial charge on any atom is -0.496 e. The lowest BCUT2D eigenvalue weighted by Gasteiger charge is -2.11. The van der Waals surface area contributed by atoms with Gasteiger partial charge in [-0.1, -0.05) is 19.9 Å². The fourth-order valence-corrected chi connectivity index (χ4v) is 1.57. The average Bonchev–Trinajstić information content (AvgIpc) is 2.29. The third kappa shape index (κ3) is 4.51. The van der Waals surface area contributed by atoms with E-state index in [1.165, 1.54) is 0 Å². The lowest BCUT2D eigenvalue weighted by molar-refractivity contribution is 0.288. The van der Waals surface area contributed by atoms with E-state index in [0.29, 0.717) is 5.92 Å². The number of rotatable bonds is 7. The molecule has 0 aliphatic heterocycles. The largest absolute Gasteiger partial charge is 0.496 e. The first-order chi connectivity index (χ1) is 8.17. The smallest absolute Gasteiger partial charge is 0.122 e. The van der Waals surface area contributed by atoms with Crippen LogP contribution in [0.1, 0.15) is 25.8 Å². The molecule has 0 radical (unpaired) electrons. The standard InChI is InChI=1S/C15H22O2/c1-5-6-13-11-14(7-8-15(13)16-4)17-10-9-12(2)3/h5,7-8,11-12H,1,6,9-10H2,2-4H3. The highest BCUT2D eigenvalue weighted by atomic mass is 16.5. The topological polar surface area (TPSA) is 18.5 Å². The van der Waals surface area contributed by atoms with Crippen LogP contribution < -0.4 is 9.47 Å². The van der Waals surface area contributed by atoms with Crippen LogP contribution >= 0.6 is 0 Å². The summed E-state index contributed by atoms with van der Waals surface area (Å²) in [5.41, 5.74) is 1.12. The molecule has 0 bridgehead atoms. The maximum absolute atomic E-state index is 5.71. The van der Waals surface area contributed by atoms with E-state index in [4.69, 9.17) is 9.47 Å². The number of hydrogen-bond donors (Lipinski definition) is 0. The second kappa shape index (κ2) is 7.00. The quantitative estimate of drug-likeness (QED) is 0.667. The van der Waals surface area contributed by atoms with Gasteiger partial charge in [0.2, 0.25) is 0 Å². The first kappa shape index (κ1) is 13.6. The lowest BCUT2D eigenvalue weighted by atomic mass is 10.1. The van der Waals surface area contributed by atoms with Gasteiger partial charge in [0.15, 0.2) is 0 Å². The predicted octanol–water partition coefficient (Wildman–Crippen LogP) is 3.85. The zero-order valence-electron chi connectivity index (χ0n) is 11.0. The molecule has 17 heavy (non-hydrogen) atoms. The van der Waals surface area contributed by atoms with E-state index in [9.17, 15) is 0 Å². The fraction of sp³-hybridized carbons (Fsp3) is 0.467. The van der Waals surface area contributed by atoms with E-state index in [-0.39, 0.29) is 0 Å². The first-order valence-electron chi connectivity index (χ1n) is 6.08. The molecule has 0 atom stereocenters. The van der Waals surface area contributed by atoms with Gasteiger partial charge >= 0.3 is 0 Å². The van der Waals surface area contributed by atoms with E-state index >= 15 is 0 Å². The summed E-state index contributed by atoms with van der Waals surface area (Å²) < 4.78 is 11.0. The highest BCUT2D eigenvalue weighted by Gasteiger charge is 2.04. The van der Waals surface area contributed by atoms with Gasteiger partial charge in [-0.3, -0.25) is 0 Å². The molecule has 2 heteroatoms. The van der Waals surface area contributed by atoms with E-state index < -0.39 is 0 Å². The van der Waals surface area contributed by atoms with Gasteiger partial charge in [0.1, 0.15) is 11.5 Å². The minimum atomic E-state index is 0.667. The zero-order chi connectivity index (χ0) is 12.7. The Kier molecular flexibility index (Phi) is 5.61. The molecule has 1 aromatic carbocycles. The molecule has 0 saturated carbocycles. The molecule has 0 N–H and O–H groups in total. The van der Waals surface area contributed by atoms with Crippen molar-refractivity contribution in [3.8, 4) is 11.5 Å². The van der Waals surface area contributed by atoms with E-state index in [1.54, 1.807) is 7.11 Å². The summed E-state index contributed by atoms with van der Waals surface area (Å²) in [7, 11) is 1.68. The number of allylic oxidation sites excluding steroid dienone is 1. The molecule has 1 rings (SSSR count). The maximum atomic E-state index is 5.71. The van der Waals surface area contributed by atoms with Gasteiger partial charge in [-0.15, -0.1) is 6.58 Å². The van der Waals surface area contributed by atoms with Crippen LogP contribution in [-0.4, -0.2) is 13.7 Å². The van der Waals surface area contributed by atoms with Crippen LogP contribution in [0.25, 0.3) is 0 Å². The average molecular weight is 234 g/mol. The van der Waals surface area contributed by atoms with Crippen molar-refractivity contribution in [1.29, 1.82) is 0 Å². The van der Waals surface area contributed by atoms with Crippen LogP contribution in [0.15, 0.2) is 30.9 Å². The van der Waals surface area contributed by atoms with Crippen molar-refractivity contribution in [3.05, 3.63) is 36.4 Å². The Morgan fingerprint density at radius 3 is 2.71 bits per heavy atom. The molecule has 0 aliphatic carbocycles. The molecule has 0 aromatic heterocycles. The fourth-order valence-electron chi connectivity index (χ4n) is 1.57. The summed E-state index contributed by atoms with van der Waals surface area (Å²) in [5, 5.41) is 0. The first-order valence-corrected chi connectivity index (χ1v) is 6.08. The summed E-state index contributed by atoms with van der Waals surface area (Å²) in [5.74, 6) is 2.46. The van der Waals surface area contributed by atoms with Crippen LogP contribution in [0, 0.1) is 5.92 Å². The van der Waals surface area contributed by atoms with Gasteiger partial charge in [-0.05, 0) is 37.0 Å². The van der Waals surface area contributed by atoms with Gasteiger partial charge in [0.25, 0.3) is 0 Å². The van der Waals surface area contributed by atoms with Gasteiger partial charge < -0.3 is 9.47 Å². The Balaban J connectivity index is 2.67. The number of benzene rings is 1. The monoisotopic (exact) mass is 234 g/mol. The van der Waals surface area contributed by atoms with Crippen LogP contribution in [0.2, 0.25) is 0 Å². The molecule has 0 saturated heterocycles. The SMILES string of the molecule is C=CCc1cc(OCCC(C)C)ccc1OC. The summed E-state index contributed by atoms with van der Waals surface area (Å²) in [6.07, 6.45) is 3.74. The second-order valence-corrected chi connectivity index (χ2v) is 4.50. The molecule has 0 amide bonds. The molecular weight excluding hydrogens is 212 g/mol. The van der Waals surface area contributed by atoms with Crippen molar-refractivity contribution >= 4 is 0 Å². The Labute approximate surface area is 104 Å². The van der Waals surface area contributed by atoms with Crippen LogP contribution in [0.5, 0.6) is 11.5 Å². The van der Waals surface area contributed by atoms with Crippen molar-refractivity contribution in [1.82, 2.24) is 0 Å². The third-order valence-corrected chi connectivity index (χ3v) is 2.58. The molecule has 0 aliphatic rings. The van der Waals surface area contributed by atoms with Crippen molar-refractivity contribution < 1.29 is 9.47 Å². The third-order valence-electron chi connectivity index (χ3n) is 2.58. The summed E-state index contributed by atoms with van der Waals surface area (Å²) in [6.45, 7) is 8.90. The second-order valence-electron chi connectivity index (χ2n) is 4.50. The van der Waals surface area contributed by atoms with E-state index in [0.717, 1.165) is 36.5 Å². The Morgan fingerprint density at radius 2 is 2.12 bits per heavy atom. The Hall–Kier alpha value is -1.44. The molecular formula is C15H22O2. The molecule has 0 fully saturated rings. The van der Waals surface area contributed by atoms with Crippen molar-refractivity contribution in [2.24, 2.45) is 5.92 Å². The summed E-state index contributed by atoms with van der Waals surface area (Å²) in [4.78, 5) is 0. The van der Waals surface area contributed by atoms with Crippen LogP contribution in [-0.2, 0) is 6.42 Å². The molecule has 0 unspecified atom stereocenters. The maximum Gasteiger partial charge on any atom is 0.122 e. The van der Waals surface area contributed by atoms with Gasteiger partial charge in [0.05, 0.1) is 13.7 Å². The predicted molar refractivity (Wildman–Crippen MR) is 71.8 cm³/mol. The summed E-state index contributed by atoms with van der Waals surface area (Å²) >= 11 is 0.